The average Bonchev–Trinajstić information content (AvgIpc) is 3.12. The van der Waals surface area contributed by atoms with Crippen LogP contribution in [0.25, 0.3) is 0 Å². The lowest BCUT2D eigenvalue weighted by Gasteiger charge is -2.62. The van der Waals surface area contributed by atoms with Crippen molar-refractivity contribution in [2.75, 3.05) is 27.8 Å². The highest BCUT2D eigenvalue weighted by Gasteiger charge is 2.68. The Morgan fingerprint density at radius 1 is 0.833 bits per heavy atom. The van der Waals surface area contributed by atoms with Gasteiger partial charge in [-0.2, -0.15) is 0 Å². The molecule has 7 rings (SSSR count). The third kappa shape index (κ3) is 5.40. The molecule has 2 aliphatic carbocycles. The maximum Gasteiger partial charge on any atom is 0.339 e. The molecule has 0 radical (unpaired) electrons. The number of esters is 1. The molecule has 3 aliphatic rings. The first-order valence-corrected chi connectivity index (χ1v) is 16.2. The van der Waals surface area contributed by atoms with E-state index in [0.717, 1.165) is 28.0 Å². The maximum atomic E-state index is 13.9. The van der Waals surface area contributed by atoms with E-state index in [1.54, 1.807) is 25.3 Å². The molecule has 1 aliphatic heterocycles. The number of allylic oxidation sites excluding steroid dienone is 1. The molecule has 1 heterocycles. The summed E-state index contributed by atoms with van der Waals surface area (Å²) >= 11 is 0. The Hall–Kier alpha value is -5.08. The SMILES string of the molecule is COC1=C[C@]2(OC(=O)c3ccccc3)[C@@H]3Cc4ccc(OC)c(OCc5ccc(OCc6ccccc6)cc5)c4[C@]2(CCN3C)CC1=O. The zero-order valence-corrected chi connectivity index (χ0v) is 27.4. The van der Waals surface area contributed by atoms with Crippen LogP contribution in [0.15, 0.2) is 109 Å². The molecule has 3 atom stereocenters. The summed E-state index contributed by atoms with van der Waals surface area (Å²) < 4.78 is 30.9. The van der Waals surface area contributed by atoms with Crippen molar-refractivity contribution in [3.63, 3.8) is 0 Å². The minimum Gasteiger partial charge on any atom is -0.493 e. The Labute approximate surface area is 280 Å². The van der Waals surface area contributed by atoms with Gasteiger partial charge in [-0.15, -0.1) is 0 Å². The Kier molecular flexibility index (Phi) is 8.43. The molecule has 0 spiro atoms. The van der Waals surface area contributed by atoms with Crippen LogP contribution in [0.3, 0.4) is 0 Å². The molecular formula is C40H39NO7. The van der Waals surface area contributed by atoms with Crippen LogP contribution in [0, 0.1) is 0 Å². The van der Waals surface area contributed by atoms with Gasteiger partial charge in [-0.25, -0.2) is 4.79 Å². The molecule has 8 nitrogen and oxygen atoms in total. The van der Waals surface area contributed by atoms with Crippen LogP contribution >= 0.6 is 0 Å². The molecular weight excluding hydrogens is 606 g/mol. The molecule has 1 fully saturated rings. The summed E-state index contributed by atoms with van der Waals surface area (Å²) in [6, 6.07) is 30.6. The number of hydrogen-bond acceptors (Lipinski definition) is 8. The summed E-state index contributed by atoms with van der Waals surface area (Å²) in [4.78, 5) is 29.9. The molecule has 0 N–H and O–H groups in total. The van der Waals surface area contributed by atoms with Gasteiger partial charge in [0.25, 0.3) is 0 Å². The summed E-state index contributed by atoms with van der Waals surface area (Å²) in [7, 11) is 5.14. The number of piperidine rings is 1. The summed E-state index contributed by atoms with van der Waals surface area (Å²) in [6.45, 7) is 1.45. The van der Waals surface area contributed by atoms with Crippen LogP contribution in [-0.4, -0.2) is 56.1 Å². The van der Waals surface area contributed by atoms with E-state index in [-0.39, 0.29) is 30.6 Å². The zero-order chi connectivity index (χ0) is 33.3. The number of Topliss-reactive ketones (excluding diaryl/α,β-unsaturated/α-hetero) is 1. The number of hydrogen-bond donors (Lipinski definition) is 0. The lowest BCUT2D eigenvalue weighted by atomic mass is 9.50. The van der Waals surface area contributed by atoms with Crippen LogP contribution in [-0.2, 0) is 39.3 Å². The highest BCUT2D eigenvalue weighted by molar-refractivity contribution is 5.98. The fourth-order valence-corrected chi connectivity index (χ4v) is 7.72. The van der Waals surface area contributed by atoms with Gasteiger partial charge in [-0.3, -0.25) is 9.69 Å². The summed E-state index contributed by atoms with van der Waals surface area (Å²) in [5.74, 6) is 1.49. The molecule has 8 heteroatoms. The van der Waals surface area contributed by atoms with Gasteiger partial charge in [0.15, 0.2) is 28.6 Å². The minimum absolute atomic E-state index is 0.100. The van der Waals surface area contributed by atoms with Crippen molar-refractivity contribution in [1.29, 1.82) is 0 Å². The van der Waals surface area contributed by atoms with E-state index in [1.807, 2.05) is 85.9 Å². The topological polar surface area (TPSA) is 83.5 Å². The lowest BCUT2D eigenvalue weighted by Crippen LogP contribution is -2.73. The number of carbonyl (C=O) groups is 2. The van der Waals surface area contributed by atoms with Crippen LogP contribution < -0.4 is 14.2 Å². The normalized spacial score (nSPS) is 22.9. The average molecular weight is 646 g/mol. The van der Waals surface area contributed by atoms with Crippen LogP contribution in [0.1, 0.15) is 45.5 Å². The number of fused-ring (bicyclic) bond motifs is 1. The Morgan fingerprint density at radius 3 is 2.23 bits per heavy atom. The predicted molar refractivity (Wildman–Crippen MR) is 180 cm³/mol. The standard InChI is InChI=1S/C40H39NO7/c1-41-21-20-39-23-32(42)34(45-3)24-40(39,48-38(43)29-12-8-5-9-13-29)35(41)22-30-16-19-33(44-2)37(36(30)39)47-26-28-14-17-31(18-15-28)46-25-27-10-6-4-7-11-27/h4-19,24,35H,20-23,25-26H2,1-3H3/t35-,39-,40-/m0/s1. The first-order chi connectivity index (χ1) is 23.4. The van der Waals surface area contributed by atoms with Gasteiger partial charge >= 0.3 is 5.97 Å². The number of carbonyl (C=O) groups excluding carboxylic acids is 2. The van der Waals surface area contributed by atoms with E-state index in [9.17, 15) is 9.59 Å². The summed E-state index contributed by atoms with van der Waals surface area (Å²) in [5.41, 5.74) is 2.26. The number of ketones is 1. The quantitative estimate of drug-likeness (QED) is 0.182. The van der Waals surface area contributed by atoms with E-state index >= 15 is 0 Å². The van der Waals surface area contributed by atoms with Crippen LogP contribution in [0.4, 0.5) is 0 Å². The number of nitrogens with zero attached hydrogens (tertiary/aromatic N) is 1. The number of benzene rings is 4. The lowest BCUT2D eigenvalue weighted by molar-refractivity contribution is -0.144. The predicted octanol–water partition coefficient (Wildman–Crippen LogP) is 6.45. The Bertz CT molecular complexity index is 1840. The molecule has 4 aromatic carbocycles. The van der Waals surface area contributed by atoms with Gasteiger partial charge in [0.05, 0.1) is 31.2 Å². The van der Waals surface area contributed by atoms with E-state index in [4.69, 9.17) is 23.7 Å². The molecule has 0 aromatic heterocycles. The molecule has 0 amide bonds. The first-order valence-electron chi connectivity index (χ1n) is 16.2. The van der Waals surface area contributed by atoms with Crippen molar-refractivity contribution in [2.24, 2.45) is 0 Å². The van der Waals surface area contributed by atoms with Crippen LogP contribution in [0.5, 0.6) is 17.2 Å². The van der Waals surface area contributed by atoms with Crippen LogP contribution in [0.2, 0.25) is 0 Å². The fourth-order valence-electron chi connectivity index (χ4n) is 7.72. The molecule has 48 heavy (non-hydrogen) atoms. The smallest absolute Gasteiger partial charge is 0.339 e. The second kappa shape index (κ2) is 12.8. The Morgan fingerprint density at radius 2 is 1.52 bits per heavy atom. The molecule has 1 saturated heterocycles. The number of ether oxygens (including phenoxy) is 5. The number of methoxy groups -OCH3 is 2. The summed E-state index contributed by atoms with van der Waals surface area (Å²) in [5, 5.41) is 0. The van der Waals surface area contributed by atoms with Crippen molar-refractivity contribution >= 4 is 11.8 Å². The monoisotopic (exact) mass is 645 g/mol. The minimum atomic E-state index is -1.21. The molecule has 4 aromatic rings. The first kappa shape index (κ1) is 31.5. The molecule has 2 bridgehead atoms. The molecule has 0 unspecified atom stereocenters. The van der Waals surface area contributed by atoms with Crippen molar-refractivity contribution in [3.8, 4) is 17.2 Å². The van der Waals surface area contributed by atoms with E-state index in [0.29, 0.717) is 43.1 Å². The van der Waals surface area contributed by atoms with Gasteiger partial charge in [0.1, 0.15) is 19.0 Å². The Balaban J connectivity index is 1.27. The van der Waals surface area contributed by atoms with E-state index < -0.39 is 17.0 Å². The number of rotatable bonds is 10. The molecule has 246 valence electrons. The third-order valence-electron chi connectivity index (χ3n) is 10.1. The highest BCUT2D eigenvalue weighted by Crippen LogP contribution is 2.61. The zero-order valence-electron chi connectivity index (χ0n) is 27.4. The van der Waals surface area contributed by atoms with Gasteiger partial charge in [-0.1, -0.05) is 66.7 Å². The van der Waals surface area contributed by atoms with Gasteiger partial charge in [-0.05, 0) is 73.5 Å². The van der Waals surface area contributed by atoms with E-state index in [1.165, 1.54) is 7.11 Å². The second-order valence-electron chi connectivity index (χ2n) is 12.7. The number of likely N-dealkylation sites (N-methyl/N-ethyl adjacent to an activating group) is 1. The van der Waals surface area contributed by atoms with Gasteiger partial charge in [0, 0.05) is 18.1 Å². The molecule has 0 saturated carbocycles. The highest BCUT2D eigenvalue weighted by atomic mass is 16.6. The van der Waals surface area contributed by atoms with Crippen molar-refractivity contribution in [3.05, 3.63) is 137 Å². The maximum absolute atomic E-state index is 13.9. The fraction of sp³-hybridized carbons (Fsp3) is 0.300. The number of likely N-dealkylation sites (tertiary alicyclic amines) is 1. The van der Waals surface area contributed by atoms with Crippen molar-refractivity contribution < 1.29 is 33.3 Å². The van der Waals surface area contributed by atoms with Crippen molar-refractivity contribution in [1.82, 2.24) is 4.90 Å². The second-order valence-corrected chi connectivity index (χ2v) is 12.7. The van der Waals surface area contributed by atoms with Gasteiger partial charge in [0.2, 0.25) is 0 Å². The third-order valence-corrected chi connectivity index (χ3v) is 10.1. The van der Waals surface area contributed by atoms with Crippen molar-refractivity contribution in [2.45, 2.75) is 49.5 Å². The van der Waals surface area contributed by atoms with E-state index in [2.05, 4.69) is 11.0 Å². The largest absolute Gasteiger partial charge is 0.493 e. The summed E-state index contributed by atoms with van der Waals surface area (Å²) in [6.07, 6.45) is 3.00. The van der Waals surface area contributed by atoms with Gasteiger partial charge < -0.3 is 23.7 Å².